The summed E-state index contributed by atoms with van der Waals surface area (Å²) in [6.07, 6.45) is -2.93. The lowest BCUT2D eigenvalue weighted by Gasteiger charge is -2.19. The Balaban J connectivity index is 1.59. The maximum Gasteiger partial charge on any atom is 0.417 e. The van der Waals surface area contributed by atoms with Crippen LogP contribution in [0.25, 0.3) is 10.9 Å². The second-order valence-corrected chi connectivity index (χ2v) is 7.83. The third-order valence-corrected chi connectivity index (χ3v) is 5.69. The molecule has 0 saturated carbocycles. The molecule has 4 rings (SSSR count). The van der Waals surface area contributed by atoms with Crippen LogP contribution < -0.4 is 4.90 Å². The van der Waals surface area contributed by atoms with Crippen molar-refractivity contribution in [3.63, 3.8) is 0 Å². The van der Waals surface area contributed by atoms with Crippen LogP contribution in [-0.4, -0.2) is 40.4 Å². The highest BCUT2D eigenvalue weighted by molar-refractivity contribution is 6.33. The van der Waals surface area contributed by atoms with Crippen LogP contribution in [0, 0.1) is 0 Å². The molecule has 1 aliphatic rings. The SMILES string of the molecule is CCOC(=O)c1ccc2c(C3CCN(c4ncc(C(F)(F)F)cc4Cl)C3)nn(C)c2c1. The van der Waals surface area contributed by atoms with Crippen molar-refractivity contribution < 1.29 is 22.7 Å². The zero-order valence-electron chi connectivity index (χ0n) is 16.9. The fourth-order valence-electron chi connectivity index (χ4n) is 3.92. The van der Waals surface area contributed by atoms with Gasteiger partial charge in [-0.15, -0.1) is 0 Å². The third kappa shape index (κ3) is 4.06. The number of carbonyl (C=O) groups excluding carboxylic acids is 1. The average Bonchev–Trinajstić information content (AvgIpc) is 3.32. The van der Waals surface area contributed by atoms with Crippen LogP contribution in [0.4, 0.5) is 19.0 Å². The molecule has 31 heavy (non-hydrogen) atoms. The largest absolute Gasteiger partial charge is 0.462 e. The lowest BCUT2D eigenvalue weighted by molar-refractivity contribution is -0.137. The average molecular weight is 453 g/mol. The Labute approximate surface area is 181 Å². The fraction of sp³-hybridized carbons (Fsp3) is 0.381. The first-order valence-electron chi connectivity index (χ1n) is 9.80. The van der Waals surface area contributed by atoms with Crippen LogP contribution in [0.15, 0.2) is 30.5 Å². The predicted octanol–water partition coefficient (Wildman–Crippen LogP) is 4.81. The van der Waals surface area contributed by atoms with Gasteiger partial charge >= 0.3 is 12.1 Å². The van der Waals surface area contributed by atoms with Crippen molar-refractivity contribution >= 4 is 34.3 Å². The van der Waals surface area contributed by atoms with Crippen LogP contribution in [0.5, 0.6) is 0 Å². The zero-order chi connectivity index (χ0) is 22.3. The van der Waals surface area contributed by atoms with E-state index in [-0.39, 0.29) is 16.9 Å². The summed E-state index contributed by atoms with van der Waals surface area (Å²) in [5.41, 5.74) is 1.27. The Morgan fingerprint density at radius 3 is 2.77 bits per heavy atom. The second kappa shape index (κ2) is 8.03. The molecule has 1 fully saturated rings. The number of pyridine rings is 1. The highest BCUT2D eigenvalue weighted by Gasteiger charge is 2.34. The summed E-state index contributed by atoms with van der Waals surface area (Å²) in [7, 11) is 1.81. The molecule has 1 atom stereocenters. The number of fused-ring (bicyclic) bond motifs is 1. The molecule has 0 spiro atoms. The summed E-state index contributed by atoms with van der Waals surface area (Å²) in [5.74, 6) is 0.00140. The molecule has 10 heteroatoms. The summed E-state index contributed by atoms with van der Waals surface area (Å²) in [5, 5.41) is 5.55. The molecule has 3 heterocycles. The minimum atomic E-state index is -4.49. The number of hydrogen-bond donors (Lipinski definition) is 0. The molecule has 1 aromatic carbocycles. The maximum atomic E-state index is 12.9. The highest BCUT2D eigenvalue weighted by atomic mass is 35.5. The minimum Gasteiger partial charge on any atom is -0.462 e. The van der Waals surface area contributed by atoms with Crippen molar-refractivity contribution in [1.29, 1.82) is 0 Å². The number of hydrogen-bond acceptors (Lipinski definition) is 5. The molecule has 0 radical (unpaired) electrons. The standard InChI is InChI=1S/C21H20ClF3N4O2/c1-3-31-20(30)12-4-5-15-17(8-12)28(2)27-18(15)13-6-7-29(11-13)19-16(22)9-14(10-26-19)21(23,24)25/h4-5,8-10,13H,3,6-7,11H2,1-2H3. The van der Waals surface area contributed by atoms with Gasteiger partial charge in [0, 0.05) is 37.6 Å². The Morgan fingerprint density at radius 2 is 2.10 bits per heavy atom. The molecule has 3 aromatic rings. The summed E-state index contributed by atoms with van der Waals surface area (Å²) in [6, 6.07) is 6.23. The van der Waals surface area contributed by atoms with Crippen LogP contribution in [-0.2, 0) is 18.0 Å². The lowest BCUT2D eigenvalue weighted by atomic mass is 10.0. The Bertz CT molecular complexity index is 1150. The number of benzene rings is 1. The first-order valence-corrected chi connectivity index (χ1v) is 10.2. The molecule has 1 unspecified atom stereocenters. The number of rotatable bonds is 4. The number of alkyl halides is 3. The molecule has 2 aromatic heterocycles. The number of nitrogens with zero attached hydrogens (tertiary/aromatic N) is 4. The van der Waals surface area contributed by atoms with E-state index in [1.165, 1.54) is 0 Å². The van der Waals surface area contributed by atoms with Crippen molar-refractivity contribution in [2.75, 3.05) is 24.6 Å². The van der Waals surface area contributed by atoms with Gasteiger partial charge in [0.15, 0.2) is 0 Å². The van der Waals surface area contributed by atoms with Gasteiger partial charge in [0.1, 0.15) is 5.82 Å². The van der Waals surface area contributed by atoms with Gasteiger partial charge in [-0.3, -0.25) is 4.68 Å². The number of esters is 1. The van der Waals surface area contributed by atoms with Gasteiger partial charge in [0.25, 0.3) is 0 Å². The molecule has 0 aliphatic carbocycles. The van der Waals surface area contributed by atoms with E-state index in [1.54, 1.807) is 23.7 Å². The van der Waals surface area contributed by atoms with Crippen molar-refractivity contribution in [2.45, 2.75) is 25.4 Å². The van der Waals surface area contributed by atoms with E-state index in [2.05, 4.69) is 10.1 Å². The fourth-order valence-corrected chi connectivity index (χ4v) is 4.21. The third-order valence-electron chi connectivity index (χ3n) is 5.41. The molecule has 0 N–H and O–H groups in total. The van der Waals surface area contributed by atoms with Gasteiger partial charge in [0.05, 0.1) is 34.0 Å². The molecular formula is C21H20ClF3N4O2. The quantitative estimate of drug-likeness (QED) is 0.532. The lowest BCUT2D eigenvalue weighted by Crippen LogP contribution is -2.21. The van der Waals surface area contributed by atoms with Gasteiger partial charge in [-0.2, -0.15) is 18.3 Å². The molecule has 0 amide bonds. The highest BCUT2D eigenvalue weighted by Crippen LogP contribution is 2.38. The first kappa shape index (κ1) is 21.4. The summed E-state index contributed by atoms with van der Waals surface area (Å²) in [4.78, 5) is 17.9. The van der Waals surface area contributed by atoms with E-state index in [4.69, 9.17) is 16.3 Å². The van der Waals surface area contributed by atoms with Gasteiger partial charge in [-0.05, 0) is 31.5 Å². The smallest absolute Gasteiger partial charge is 0.417 e. The Hall–Kier alpha value is -2.81. The van der Waals surface area contributed by atoms with Gasteiger partial charge in [-0.1, -0.05) is 17.7 Å². The molecule has 164 valence electrons. The molecular weight excluding hydrogens is 433 g/mol. The second-order valence-electron chi connectivity index (χ2n) is 7.42. The number of aryl methyl sites for hydroxylation is 1. The van der Waals surface area contributed by atoms with E-state index >= 15 is 0 Å². The van der Waals surface area contributed by atoms with E-state index in [9.17, 15) is 18.0 Å². The first-order chi connectivity index (χ1) is 14.7. The number of ether oxygens (including phenoxy) is 1. The predicted molar refractivity (Wildman–Crippen MR) is 110 cm³/mol. The van der Waals surface area contributed by atoms with Crippen LogP contribution in [0.1, 0.15) is 40.9 Å². The van der Waals surface area contributed by atoms with Crippen molar-refractivity contribution in [3.8, 4) is 0 Å². The van der Waals surface area contributed by atoms with Crippen LogP contribution in [0.2, 0.25) is 5.02 Å². The Morgan fingerprint density at radius 1 is 1.32 bits per heavy atom. The van der Waals surface area contributed by atoms with Crippen molar-refractivity contribution in [3.05, 3.63) is 52.3 Å². The van der Waals surface area contributed by atoms with E-state index in [1.807, 2.05) is 18.0 Å². The number of aromatic nitrogens is 3. The van der Waals surface area contributed by atoms with Gasteiger partial charge in [-0.25, -0.2) is 9.78 Å². The topological polar surface area (TPSA) is 60.2 Å². The normalized spacial score (nSPS) is 16.8. The maximum absolute atomic E-state index is 12.9. The summed E-state index contributed by atoms with van der Waals surface area (Å²) in [6.45, 7) is 3.18. The minimum absolute atomic E-state index is 0.0274. The van der Waals surface area contributed by atoms with Gasteiger partial charge < -0.3 is 9.64 Å². The van der Waals surface area contributed by atoms with Gasteiger partial charge in [0.2, 0.25) is 0 Å². The van der Waals surface area contributed by atoms with Crippen LogP contribution >= 0.6 is 11.6 Å². The molecule has 0 bridgehead atoms. The van der Waals surface area contributed by atoms with Crippen molar-refractivity contribution in [1.82, 2.24) is 14.8 Å². The summed E-state index contributed by atoms with van der Waals surface area (Å²) >= 11 is 6.11. The zero-order valence-corrected chi connectivity index (χ0v) is 17.7. The number of anilines is 1. The number of halogens is 4. The van der Waals surface area contributed by atoms with E-state index in [0.717, 1.165) is 35.3 Å². The van der Waals surface area contributed by atoms with Crippen LogP contribution in [0.3, 0.4) is 0 Å². The molecule has 6 nitrogen and oxygen atoms in total. The number of carbonyl (C=O) groups is 1. The summed E-state index contributed by atoms with van der Waals surface area (Å²) < 4.78 is 45.4. The molecule has 1 aliphatic heterocycles. The van der Waals surface area contributed by atoms with Crippen molar-refractivity contribution in [2.24, 2.45) is 7.05 Å². The monoisotopic (exact) mass is 452 g/mol. The molecule has 1 saturated heterocycles. The Kier molecular flexibility index (Phi) is 5.55. The van der Waals surface area contributed by atoms with E-state index < -0.39 is 11.7 Å². The van der Waals surface area contributed by atoms with E-state index in [0.29, 0.717) is 31.1 Å².